The number of ether oxygens (including phenoxy) is 1. The first-order valence-electron chi connectivity index (χ1n) is 8.76. The molecular weight excluding hydrogens is 292 g/mol. The highest BCUT2D eigenvalue weighted by Crippen LogP contribution is 2.37. The fourth-order valence-electron chi connectivity index (χ4n) is 3.40. The molecule has 0 aromatic rings. The lowest BCUT2D eigenvalue weighted by Crippen LogP contribution is -2.54. The Morgan fingerprint density at radius 3 is 2.70 bits per heavy atom. The number of likely N-dealkylation sites (tertiary alicyclic amines) is 1. The summed E-state index contributed by atoms with van der Waals surface area (Å²) >= 11 is 0. The summed E-state index contributed by atoms with van der Waals surface area (Å²) in [5.41, 5.74) is 0.265. The van der Waals surface area contributed by atoms with E-state index in [-0.39, 0.29) is 17.9 Å². The van der Waals surface area contributed by atoms with E-state index >= 15 is 0 Å². The maximum absolute atomic E-state index is 11.9. The lowest BCUT2D eigenvalue weighted by Gasteiger charge is -2.46. The predicted octanol–water partition coefficient (Wildman–Crippen LogP) is 1.32. The molecule has 23 heavy (non-hydrogen) atoms. The average molecular weight is 324 g/mol. The molecule has 1 amide bonds. The Bertz CT molecular complexity index is 423. The van der Waals surface area contributed by atoms with Crippen LogP contribution in [0.3, 0.4) is 0 Å². The largest absolute Gasteiger partial charge is 0.381 e. The van der Waals surface area contributed by atoms with Crippen LogP contribution < -0.4 is 5.32 Å². The number of likely N-dealkylation sites (N-methyl/N-ethyl adjacent to an activating group) is 1. The maximum atomic E-state index is 11.9. The van der Waals surface area contributed by atoms with Crippen molar-refractivity contribution in [1.29, 1.82) is 0 Å². The summed E-state index contributed by atoms with van der Waals surface area (Å²) in [5.74, 6) is 0.889. The quantitative estimate of drug-likeness (QED) is 0.628. The van der Waals surface area contributed by atoms with Crippen molar-refractivity contribution < 1.29 is 9.53 Å². The molecule has 2 heterocycles. The highest BCUT2D eigenvalue weighted by atomic mass is 16.5. The van der Waals surface area contributed by atoms with Crippen LogP contribution in [-0.4, -0.2) is 74.7 Å². The van der Waals surface area contributed by atoms with E-state index in [2.05, 4.69) is 29.1 Å². The van der Waals surface area contributed by atoms with Crippen LogP contribution in [0, 0.1) is 5.41 Å². The molecular formula is C17H32N4O2. The molecule has 6 heteroatoms. The van der Waals surface area contributed by atoms with Gasteiger partial charge in [-0.05, 0) is 39.5 Å². The average Bonchev–Trinajstić information content (AvgIpc) is 2.51. The zero-order valence-corrected chi connectivity index (χ0v) is 15.1. The van der Waals surface area contributed by atoms with Gasteiger partial charge in [-0.15, -0.1) is 0 Å². The maximum Gasteiger partial charge on any atom is 0.243 e. The van der Waals surface area contributed by atoms with Gasteiger partial charge in [0.05, 0.1) is 6.61 Å². The van der Waals surface area contributed by atoms with Gasteiger partial charge in [0, 0.05) is 45.2 Å². The monoisotopic (exact) mass is 324 g/mol. The topological polar surface area (TPSA) is 57.2 Å². The second-order valence-corrected chi connectivity index (χ2v) is 7.41. The van der Waals surface area contributed by atoms with Crippen LogP contribution in [0.2, 0.25) is 0 Å². The molecule has 132 valence electrons. The minimum atomic E-state index is 0.0285. The number of piperidine rings is 1. The second-order valence-electron chi connectivity index (χ2n) is 7.41. The number of rotatable bonds is 3. The lowest BCUT2D eigenvalue weighted by molar-refractivity contribution is -0.127. The van der Waals surface area contributed by atoms with Crippen molar-refractivity contribution in [3.63, 3.8) is 0 Å². The third-order valence-electron chi connectivity index (χ3n) is 4.65. The molecule has 0 aromatic carbocycles. The SMILES string of the molecule is CC(C)NC(=NCC(=O)N(C)C)N1CCCC2(CCCOC2)C1. The summed E-state index contributed by atoms with van der Waals surface area (Å²) in [4.78, 5) is 20.4. The number of carbonyl (C=O) groups excluding carboxylic acids is 1. The zero-order valence-electron chi connectivity index (χ0n) is 15.1. The van der Waals surface area contributed by atoms with E-state index in [4.69, 9.17) is 4.74 Å². The standard InChI is InChI=1S/C17H32N4O2/c1-14(2)19-16(18-11-15(22)20(3)4)21-9-5-7-17(12-21)8-6-10-23-13-17/h14H,5-13H2,1-4H3,(H,18,19). The van der Waals surface area contributed by atoms with Gasteiger partial charge in [0.25, 0.3) is 0 Å². The lowest BCUT2D eigenvalue weighted by atomic mass is 9.76. The number of amides is 1. The van der Waals surface area contributed by atoms with E-state index in [1.165, 1.54) is 12.8 Å². The second kappa shape index (κ2) is 7.99. The summed E-state index contributed by atoms with van der Waals surface area (Å²) in [6.07, 6.45) is 4.77. The molecule has 2 rings (SSSR count). The first-order chi connectivity index (χ1) is 10.9. The minimum absolute atomic E-state index is 0.0285. The molecule has 2 fully saturated rings. The van der Waals surface area contributed by atoms with Gasteiger partial charge in [0.2, 0.25) is 5.91 Å². The van der Waals surface area contributed by atoms with Crippen molar-refractivity contribution in [3.05, 3.63) is 0 Å². The van der Waals surface area contributed by atoms with Crippen LogP contribution in [0.25, 0.3) is 0 Å². The van der Waals surface area contributed by atoms with Crippen LogP contribution in [-0.2, 0) is 9.53 Å². The Morgan fingerprint density at radius 2 is 2.09 bits per heavy atom. The normalized spacial score (nSPS) is 25.8. The van der Waals surface area contributed by atoms with Crippen molar-refractivity contribution >= 4 is 11.9 Å². The molecule has 2 saturated heterocycles. The smallest absolute Gasteiger partial charge is 0.243 e. The number of guanidine groups is 1. The summed E-state index contributed by atoms with van der Waals surface area (Å²) in [5, 5.41) is 3.43. The van der Waals surface area contributed by atoms with Crippen LogP contribution >= 0.6 is 0 Å². The molecule has 2 aliphatic rings. The van der Waals surface area contributed by atoms with E-state index in [9.17, 15) is 4.79 Å². The molecule has 0 saturated carbocycles. The molecule has 0 aliphatic carbocycles. The molecule has 1 unspecified atom stereocenters. The summed E-state index contributed by atoms with van der Waals surface area (Å²) in [6, 6.07) is 0.295. The molecule has 6 nitrogen and oxygen atoms in total. The number of hydrogen-bond acceptors (Lipinski definition) is 3. The predicted molar refractivity (Wildman–Crippen MR) is 92.6 cm³/mol. The first kappa shape index (κ1) is 18.0. The van der Waals surface area contributed by atoms with Gasteiger partial charge < -0.3 is 19.9 Å². The van der Waals surface area contributed by atoms with Crippen molar-refractivity contribution in [2.75, 3.05) is 46.9 Å². The van der Waals surface area contributed by atoms with Crippen LogP contribution in [0.4, 0.5) is 0 Å². The zero-order chi connectivity index (χ0) is 16.9. The van der Waals surface area contributed by atoms with E-state index in [0.29, 0.717) is 6.04 Å². The highest BCUT2D eigenvalue weighted by Gasteiger charge is 2.38. The Morgan fingerprint density at radius 1 is 1.35 bits per heavy atom. The molecule has 1 N–H and O–H groups in total. The third-order valence-corrected chi connectivity index (χ3v) is 4.65. The Balaban J connectivity index is 2.07. The molecule has 0 aromatic heterocycles. The Labute approximate surface area is 140 Å². The number of hydrogen-bond donors (Lipinski definition) is 1. The number of nitrogens with one attached hydrogen (secondary N) is 1. The van der Waals surface area contributed by atoms with Gasteiger partial charge in [0.1, 0.15) is 6.54 Å². The number of aliphatic imine (C=N–C) groups is 1. The van der Waals surface area contributed by atoms with Gasteiger partial charge in [-0.25, -0.2) is 4.99 Å². The van der Waals surface area contributed by atoms with Gasteiger partial charge in [-0.1, -0.05) is 0 Å². The number of nitrogens with zero attached hydrogens (tertiary/aromatic N) is 3. The molecule has 1 spiro atoms. The van der Waals surface area contributed by atoms with E-state index in [1.807, 2.05) is 0 Å². The first-order valence-corrected chi connectivity index (χ1v) is 8.76. The molecule has 2 aliphatic heterocycles. The van der Waals surface area contributed by atoms with Crippen molar-refractivity contribution in [2.45, 2.75) is 45.6 Å². The van der Waals surface area contributed by atoms with Crippen LogP contribution in [0.15, 0.2) is 4.99 Å². The van der Waals surface area contributed by atoms with E-state index in [1.54, 1.807) is 19.0 Å². The van der Waals surface area contributed by atoms with Crippen molar-refractivity contribution in [2.24, 2.45) is 10.4 Å². The third kappa shape index (κ3) is 5.09. The van der Waals surface area contributed by atoms with E-state index < -0.39 is 0 Å². The van der Waals surface area contributed by atoms with Crippen molar-refractivity contribution in [1.82, 2.24) is 15.1 Å². The van der Waals surface area contributed by atoms with Gasteiger partial charge in [-0.3, -0.25) is 4.79 Å². The Kier molecular flexibility index (Phi) is 6.27. The fraction of sp³-hybridized carbons (Fsp3) is 0.882. The van der Waals surface area contributed by atoms with Crippen molar-refractivity contribution in [3.8, 4) is 0 Å². The van der Waals surface area contributed by atoms with Gasteiger partial charge in [-0.2, -0.15) is 0 Å². The highest BCUT2D eigenvalue weighted by molar-refractivity contribution is 5.85. The van der Waals surface area contributed by atoms with Crippen LogP contribution in [0.5, 0.6) is 0 Å². The molecule has 1 atom stereocenters. The molecule has 0 radical (unpaired) electrons. The fourth-order valence-corrected chi connectivity index (χ4v) is 3.40. The summed E-state index contributed by atoms with van der Waals surface area (Å²) in [7, 11) is 3.53. The van der Waals surface area contributed by atoms with Gasteiger partial charge in [0.15, 0.2) is 5.96 Å². The molecule has 0 bridgehead atoms. The summed E-state index contributed by atoms with van der Waals surface area (Å²) < 4.78 is 5.75. The summed E-state index contributed by atoms with van der Waals surface area (Å²) in [6.45, 7) is 8.12. The Hall–Kier alpha value is -1.30. The van der Waals surface area contributed by atoms with Gasteiger partial charge >= 0.3 is 0 Å². The van der Waals surface area contributed by atoms with E-state index in [0.717, 1.165) is 45.1 Å². The number of carbonyl (C=O) groups is 1. The van der Waals surface area contributed by atoms with Crippen LogP contribution in [0.1, 0.15) is 39.5 Å². The minimum Gasteiger partial charge on any atom is -0.381 e.